The minimum absolute atomic E-state index is 0.00508. The Bertz CT molecular complexity index is 3580. The number of fused-ring (bicyclic) bond motifs is 2. The van der Waals surface area contributed by atoms with Gasteiger partial charge in [-0.3, -0.25) is 28.2 Å². The highest BCUT2D eigenvalue weighted by Gasteiger charge is 2.58. The maximum Gasteiger partial charge on any atom is 0.356 e. The third-order valence-electron chi connectivity index (χ3n) is 13.4. The van der Waals surface area contributed by atoms with E-state index in [-0.39, 0.29) is 29.3 Å². The Morgan fingerprint density at radius 3 is 1.89 bits per heavy atom. The van der Waals surface area contributed by atoms with Crippen LogP contribution in [0.4, 0.5) is 5.13 Å². The van der Waals surface area contributed by atoms with Gasteiger partial charge in [-0.1, -0.05) is 157 Å². The van der Waals surface area contributed by atoms with Gasteiger partial charge in [-0.05, 0) is 80.1 Å². The van der Waals surface area contributed by atoms with Crippen molar-refractivity contribution in [1.29, 1.82) is 0 Å². The third kappa shape index (κ3) is 11.1. The van der Waals surface area contributed by atoms with E-state index >= 15 is 0 Å². The lowest BCUT2D eigenvalue weighted by molar-refractivity contribution is -0.179. The topological polar surface area (TPSA) is 221 Å². The van der Waals surface area contributed by atoms with E-state index in [2.05, 4.69) is 20.9 Å². The first-order chi connectivity index (χ1) is 38.4. The lowest BCUT2D eigenvalue weighted by atomic mass is 9.77. The second kappa shape index (κ2) is 22.3. The molecule has 0 saturated carbocycles. The minimum Gasteiger partial charge on any atom is -0.504 e. The number of oxime groups is 1. The van der Waals surface area contributed by atoms with Crippen molar-refractivity contribution in [2.45, 2.75) is 75.4 Å². The molecule has 406 valence electrons. The molecule has 3 unspecified atom stereocenters. The molecule has 17 nitrogen and oxygen atoms in total. The summed E-state index contributed by atoms with van der Waals surface area (Å²) < 4.78 is 28.1. The Balaban J connectivity index is 1.01. The molecule has 1 saturated heterocycles. The predicted molar refractivity (Wildman–Crippen MR) is 303 cm³/mol. The van der Waals surface area contributed by atoms with Crippen LogP contribution in [0.15, 0.2) is 203 Å². The van der Waals surface area contributed by atoms with Gasteiger partial charge in [0.2, 0.25) is 11.0 Å². The molecule has 80 heavy (non-hydrogen) atoms. The molecule has 10 rings (SSSR count). The lowest BCUT2D eigenvalue weighted by Crippen LogP contribution is -2.74. The molecule has 1 aromatic heterocycles. The number of thiazole rings is 1. The van der Waals surface area contributed by atoms with Crippen molar-refractivity contribution < 1.29 is 42.8 Å². The molecule has 2 amide bonds. The summed E-state index contributed by atoms with van der Waals surface area (Å²) in [6.45, 7) is 7.81. The van der Waals surface area contributed by atoms with Crippen LogP contribution in [0.1, 0.15) is 74.2 Å². The Hall–Kier alpha value is -9.07. The van der Waals surface area contributed by atoms with Gasteiger partial charge in [0.05, 0.1) is 29.3 Å². The molecule has 3 N–H and O–H groups in total. The third-order valence-corrected chi connectivity index (χ3v) is 15.8. The number of β-lactam (4-membered cyclic amide) rings is 1. The normalized spacial score (nSPS) is 16.6. The van der Waals surface area contributed by atoms with E-state index in [9.17, 15) is 33.3 Å². The summed E-state index contributed by atoms with van der Waals surface area (Å²) >= 11 is 1.17. The molecule has 4 heterocycles. The fraction of sp³-hybridized carbons (Fsp3) is 0.213. The van der Waals surface area contributed by atoms with Crippen LogP contribution in [0, 0.1) is 0 Å². The number of nitrogens with one attached hydrogen (secondary N) is 2. The van der Waals surface area contributed by atoms with Crippen LogP contribution in [-0.4, -0.2) is 86.8 Å². The number of ether oxygens (including phenoxy) is 2. The number of phenols is 1. The average Bonchev–Trinajstić information content (AvgIpc) is 4.06. The second-order valence-corrected chi connectivity index (χ2v) is 23.0. The number of carbonyl (C=O) groups is 4. The van der Waals surface area contributed by atoms with Crippen LogP contribution >= 0.6 is 11.3 Å². The summed E-state index contributed by atoms with van der Waals surface area (Å²) in [4.78, 5) is 82.4. The zero-order chi connectivity index (χ0) is 56.3. The maximum atomic E-state index is 15.0. The second-order valence-electron chi connectivity index (χ2n) is 20.6. The molecule has 5 aromatic carbocycles. The van der Waals surface area contributed by atoms with Gasteiger partial charge < -0.3 is 30.1 Å². The summed E-state index contributed by atoms with van der Waals surface area (Å²) in [7, 11) is -1.96. The number of amides is 2. The van der Waals surface area contributed by atoms with Crippen molar-refractivity contribution >= 4 is 56.7 Å². The number of aromatic nitrogens is 3. The van der Waals surface area contributed by atoms with Crippen LogP contribution in [0.2, 0.25) is 0 Å². The molecule has 3 aliphatic heterocycles. The molecule has 3 atom stereocenters. The van der Waals surface area contributed by atoms with Crippen molar-refractivity contribution in [2.75, 3.05) is 11.1 Å². The SMILES string of the molecule is CC(C)(C)OC(=O)C(C)(C)O/N=C(\C(=O)NC1C(=O)N2C(C(=O)OC(c3ccccc3)c3ccccc3)=C(Cn3cc4cc(O)c(=O)cc-4cn3)CS(=O)C12)c1csc(NC(c2ccccc2)(c2ccccc2)c2ccccc2)n1. The number of rotatable bonds is 17. The van der Waals surface area contributed by atoms with Crippen LogP contribution in [0.25, 0.3) is 11.1 Å². The lowest BCUT2D eigenvalue weighted by Gasteiger charge is -2.49. The first-order valence-electron chi connectivity index (χ1n) is 25.5. The number of hydrogen-bond donors (Lipinski definition) is 3. The molecule has 6 aromatic rings. The fourth-order valence-corrected chi connectivity index (χ4v) is 12.0. The van der Waals surface area contributed by atoms with E-state index in [0.29, 0.717) is 27.4 Å². The van der Waals surface area contributed by atoms with Gasteiger partial charge in [-0.15, -0.1) is 11.3 Å². The molecule has 0 bridgehead atoms. The maximum absolute atomic E-state index is 15.0. The van der Waals surface area contributed by atoms with Gasteiger partial charge in [0.1, 0.15) is 33.9 Å². The van der Waals surface area contributed by atoms with E-state index in [1.165, 1.54) is 48.2 Å². The molecule has 0 spiro atoms. The molecule has 19 heteroatoms. The summed E-state index contributed by atoms with van der Waals surface area (Å²) in [5, 5.41) is 26.1. The molecule has 4 aliphatic rings. The number of phenolic OH excluding ortho intramolecular Hbond substituents is 1. The molecule has 0 radical (unpaired) electrons. The van der Waals surface area contributed by atoms with Crippen molar-refractivity contribution in [2.24, 2.45) is 5.16 Å². The standard InChI is InChI=1S/C61H55N7O10S2/c1-59(2,3)77-57(74)60(4,5)78-66-49(46-36-79-58(63-46)65-61(43-25-15-8-16-26-43,44-27-17-9-18-28-44)45-29-19-10-20-30-45)53(71)64-50-54(72)68-51(56(73)76-52(38-21-11-6-12-22-38)39-23-13-7-14-24-39)42(37-80(75)55(50)68)35-67-34-41-32-48(70)47(69)31-40(41)33-62-67/h6-34,36,50,52,55,70H,35,37H2,1-5H3,(H,63,65)(H,64,71)/b66-49-. The number of aromatic hydroxyl groups is 1. The van der Waals surface area contributed by atoms with Gasteiger partial charge >= 0.3 is 11.9 Å². The number of benzene rings is 6. The van der Waals surface area contributed by atoms with Gasteiger partial charge in [-0.25, -0.2) is 14.6 Å². The largest absolute Gasteiger partial charge is 0.504 e. The minimum atomic E-state index is -1.96. The van der Waals surface area contributed by atoms with Gasteiger partial charge in [0, 0.05) is 22.7 Å². The van der Waals surface area contributed by atoms with Crippen LogP contribution in [0.3, 0.4) is 0 Å². The first-order valence-corrected chi connectivity index (χ1v) is 27.8. The zero-order valence-corrected chi connectivity index (χ0v) is 45.8. The average molecular weight is 1110 g/mol. The highest BCUT2D eigenvalue weighted by Crippen LogP contribution is 2.42. The number of nitrogens with zero attached hydrogens (tertiary/aromatic N) is 5. The van der Waals surface area contributed by atoms with Crippen LogP contribution in [-0.2, 0) is 56.4 Å². The summed E-state index contributed by atoms with van der Waals surface area (Å²) in [6.07, 6.45) is 2.03. The summed E-state index contributed by atoms with van der Waals surface area (Å²) in [5.74, 6) is -4.16. The van der Waals surface area contributed by atoms with E-state index < -0.39 is 85.7 Å². The van der Waals surface area contributed by atoms with Crippen molar-refractivity contribution in [1.82, 2.24) is 25.0 Å². The van der Waals surface area contributed by atoms with E-state index in [1.54, 1.807) is 32.3 Å². The quantitative estimate of drug-likeness (QED) is 0.0256. The van der Waals surface area contributed by atoms with E-state index in [1.807, 2.05) is 152 Å². The van der Waals surface area contributed by atoms with Crippen LogP contribution in [0.5, 0.6) is 5.75 Å². The number of esters is 2. The van der Waals surface area contributed by atoms with Crippen LogP contribution < -0.4 is 16.1 Å². The number of carbonyl (C=O) groups excluding carboxylic acids is 4. The summed E-state index contributed by atoms with van der Waals surface area (Å²) in [5.41, 5.74) is 0.225. The number of anilines is 1. The monoisotopic (exact) mass is 1110 g/mol. The molecular weight excluding hydrogens is 1050 g/mol. The molecular formula is C61H55N7O10S2. The zero-order valence-electron chi connectivity index (χ0n) is 44.1. The van der Waals surface area contributed by atoms with E-state index in [4.69, 9.17) is 19.3 Å². The van der Waals surface area contributed by atoms with Gasteiger partial charge in [0.25, 0.3) is 11.8 Å². The molecule has 1 fully saturated rings. The Labute approximate surface area is 467 Å². The van der Waals surface area contributed by atoms with Crippen molar-refractivity contribution in [3.63, 3.8) is 0 Å². The van der Waals surface area contributed by atoms with Gasteiger partial charge in [-0.2, -0.15) is 5.10 Å². The molecule has 1 aliphatic carbocycles. The van der Waals surface area contributed by atoms with E-state index in [0.717, 1.165) is 21.6 Å². The van der Waals surface area contributed by atoms with Crippen molar-refractivity contribution in [3.8, 4) is 16.9 Å². The number of hydrogen-bond acceptors (Lipinski definition) is 15. The fourth-order valence-electron chi connectivity index (χ4n) is 9.54. The first kappa shape index (κ1) is 54.3. The van der Waals surface area contributed by atoms with Crippen molar-refractivity contribution in [3.05, 3.63) is 237 Å². The Morgan fingerprint density at radius 1 is 0.787 bits per heavy atom. The smallest absolute Gasteiger partial charge is 0.356 e. The highest BCUT2D eigenvalue weighted by molar-refractivity contribution is 7.86. The predicted octanol–water partition coefficient (Wildman–Crippen LogP) is 8.46. The van der Waals surface area contributed by atoms with Gasteiger partial charge in [0.15, 0.2) is 22.7 Å². The summed E-state index contributed by atoms with van der Waals surface area (Å²) in [6, 6.07) is 48.7. The highest BCUT2D eigenvalue weighted by atomic mass is 32.2. The Kier molecular flexibility index (Phi) is 15.2. The Morgan fingerprint density at radius 2 is 1.34 bits per heavy atom.